The first-order valence-corrected chi connectivity index (χ1v) is 16.2. The van der Waals surface area contributed by atoms with E-state index in [2.05, 4.69) is 53.6 Å². The normalized spacial score (nSPS) is 23.2. The van der Waals surface area contributed by atoms with Gasteiger partial charge in [-0.2, -0.15) is 5.21 Å². The van der Waals surface area contributed by atoms with Crippen LogP contribution in [0.15, 0.2) is 47.5 Å². The number of hydrogen-bond acceptors (Lipinski definition) is 6. The van der Waals surface area contributed by atoms with E-state index in [4.69, 9.17) is 16.6 Å². The number of halogens is 2. The van der Waals surface area contributed by atoms with E-state index >= 15 is 0 Å². The molecule has 3 aliphatic rings. The fourth-order valence-corrected chi connectivity index (χ4v) is 7.21. The fourth-order valence-electron chi connectivity index (χ4n) is 6.99. The molecule has 0 bridgehead atoms. The highest BCUT2D eigenvalue weighted by Crippen LogP contribution is 2.53. The van der Waals surface area contributed by atoms with E-state index in [1.165, 1.54) is 25.0 Å². The molecule has 2 amide bonds. The number of H-pyrrole nitrogens is 1. The van der Waals surface area contributed by atoms with E-state index in [9.17, 15) is 14.0 Å². The SMILES string of the molecule is CC1(CC[C@H](c2ccc(C(=O)NCc3nn[nH]n3)cc2)N2C(=O)C(c3cc(F)cc(Cl)c3)=NC23CCC(C(C)(C)C)CC3)CC1. The molecule has 0 saturated heterocycles. The summed E-state index contributed by atoms with van der Waals surface area (Å²) in [5.74, 6) is -0.0432. The summed E-state index contributed by atoms with van der Waals surface area (Å²) < 4.78 is 14.5. The van der Waals surface area contributed by atoms with E-state index in [-0.39, 0.29) is 46.0 Å². The molecule has 2 saturated carbocycles. The number of amides is 2. The van der Waals surface area contributed by atoms with Crippen LogP contribution in [-0.4, -0.2) is 48.7 Å². The molecule has 6 rings (SSSR count). The molecule has 1 aliphatic heterocycles. The van der Waals surface area contributed by atoms with Crippen molar-refractivity contribution in [3.05, 3.63) is 75.8 Å². The zero-order chi connectivity index (χ0) is 32.0. The lowest BCUT2D eigenvalue weighted by Crippen LogP contribution is -2.51. The molecule has 2 aliphatic carbocycles. The zero-order valence-corrected chi connectivity index (χ0v) is 27.1. The lowest BCUT2D eigenvalue weighted by molar-refractivity contribution is -0.134. The molecule has 9 nitrogen and oxygen atoms in total. The summed E-state index contributed by atoms with van der Waals surface area (Å²) >= 11 is 6.25. The summed E-state index contributed by atoms with van der Waals surface area (Å²) in [6.45, 7) is 9.28. The van der Waals surface area contributed by atoms with Gasteiger partial charge in [0.2, 0.25) is 0 Å². The van der Waals surface area contributed by atoms with E-state index in [1.807, 2.05) is 17.0 Å². The molecule has 238 valence electrons. The molecule has 3 aromatic rings. The Morgan fingerprint density at radius 3 is 2.44 bits per heavy atom. The average Bonchev–Trinajstić information content (AvgIpc) is 3.38. The first-order valence-electron chi connectivity index (χ1n) is 15.9. The first-order chi connectivity index (χ1) is 21.4. The average molecular weight is 634 g/mol. The monoisotopic (exact) mass is 633 g/mol. The van der Waals surface area contributed by atoms with Gasteiger partial charge in [0, 0.05) is 16.1 Å². The Labute approximate surface area is 268 Å². The third-order valence-electron chi connectivity index (χ3n) is 10.1. The second-order valence-corrected chi connectivity index (χ2v) is 14.9. The molecule has 2 aromatic carbocycles. The van der Waals surface area contributed by atoms with Crippen LogP contribution in [-0.2, 0) is 11.3 Å². The van der Waals surface area contributed by atoms with Crippen LogP contribution >= 0.6 is 11.6 Å². The maximum Gasteiger partial charge on any atom is 0.275 e. The van der Waals surface area contributed by atoms with Crippen molar-refractivity contribution in [1.29, 1.82) is 0 Å². The Morgan fingerprint density at radius 1 is 1.13 bits per heavy atom. The third kappa shape index (κ3) is 6.66. The number of carbonyl (C=O) groups excluding carboxylic acids is 2. The Morgan fingerprint density at radius 2 is 1.84 bits per heavy atom. The largest absolute Gasteiger partial charge is 0.345 e. The second-order valence-electron chi connectivity index (χ2n) is 14.4. The van der Waals surface area contributed by atoms with E-state index in [0.29, 0.717) is 22.9 Å². The molecule has 11 heteroatoms. The van der Waals surface area contributed by atoms with Crippen molar-refractivity contribution in [3.63, 3.8) is 0 Å². The van der Waals surface area contributed by atoms with E-state index in [1.54, 1.807) is 18.2 Å². The van der Waals surface area contributed by atoms with Crippen LogP contribution in [0.5, 0.6) is 0 Å². The van der Waals surface area contributed by atoms with E-state index < -0.39 is 11.5 Å². The summed E-state index contributed by atoms with van der Waals surface area (Å²) in [5, 5.41) is 16.7. The summed E-state index contributed by atoms with van der Waals surface area (Å²) in [4.78, 5) is 34.6. The number of rotatable bonds is 9. The van der Waals surface area contributed by atoms with Crippen molar-refractivity contribution in [1.82, 2.24) is 30.8 Å². The number of hydrogen-bond donors (Lipinski definition) is 2. The number of aliphatic imine (C=N–C) groups is 1. The number of aromatic nitrogens is 4. The van der Waals surface area contributed by atoms with Gasteiger partial charge >= 0.3 is 0 Å². The van der Waals surface area contributed by atoms with Gasteiger partial charge in [0.25, 0.3) is 11.8 Å². The molecular formula is C34H41ClFN7O2. The second kappa shape index (κ2) is 11.9. The van der Waals surface area contributed by atoms with Crippen LogP contribution in [0.25, 0.3) is 0 Å². The lowest BCUT2D eigenvalue weighted by atomic mass is 9.69. The smallest absolute Gasteiger partial charge is 0.275 e. The quantitative estimate of drug-likeness (QED) is 0.269. The fraction of sp³-hybridized carbons (Fsp3) is 0.529. The number of benzene rings is 2. The van der Waals surface area contributed by atoms with Crippen molar-refractivity contribution < 1.29 is 14.0 Å². The molecule has 0 radical (unpaired) electrons. The Balaban J connectivity index is 1.34. The molecule has 45 heavy (non-hydrogen) atoms. The van der Waals surface area contributed by atoms with Gasteiger partial charge in [-0.3, -0.25) is 14.6 Å². The predicted molar refractivity (Wildman–Crippen MR) is 170 cm³/mol. The first kappa shape index (κ1) is 31.3. The third-order valence-corrected chi connectivity index (χ3v) is 10.3. The highest BCUT2D eigenvalue weighted by atomic mass is 35.5. The van der Waals surface area contributed by atoms with Gasteiger partial charge in [-0.05, 0) is 104 Å². The summed E-state index contributed by atoms with van der Waals surface area (Å²) in [6.07, 6.45) is 7.44. The van der Waals surface area contributed by atoms with Crippen molar-refractivity contribution in [2.75, 3.05) is 0 Å². The summed E-state index contributed by atoms with van der Waals surface area (Å²) in [7, 11) is 0. The van der Waals surface area contributed by atoms with Crippen molar-refractivity contribution in [2.24, 2.45) is 21.7 Å². The van der Waals surface area contributed by atoms with Crippen molar-refractivity contribution in [2.45, 2.75) is 97.3 Å². The molecule has 0 unspecified atom stereocenters. The van der Waals surface area contributed by atoms with Crippen LogP contribution in [0.2, 0.25) is 5.02 Å². The maximum atomic E-state index is 14.6. The van der Waals surface area contributed by atoms with Crippen LogP contribution < -0.4 is 5.32 Å². The maximum absolute atomic E-state index is 14.6. The Hall–Kier alpha value is -3.66. The number of nitrogens with zero attached hydrogens (tertiary/aromatic N) is 5. The molecule has 2 heterocycles. The van der Waals surface area contributed by atoms with Gasteiger partial charge in [-0.15, -0.1) is 10.2 Å². The number of tetrazole rings is 1. The van der Waals surface area contributed by atoms with E-state index in [0.717, 1.165) is 44.1 Å². The Kier molecular flexibility index (Phi) is 8.31. The highest BCUT2D eigenvalue weighted by Gasteiger charge is 2.53. The topological polar surface area (TPSA) is 116 Å². The number of nitrogens with one attached hydrogen (secondary N) is 2. The molecule has 2 N–H and O–H groups in total. The van der Waals surface area contributed by atoms with Gasteiger partial charge in [-0.25, -0.2) is 4.39 Å². The predicted octanol–water partition coefficient (Wildman–Crippen LogP) is 6.81. The highest BCUT2D eigenvalue weighted by molar-refractivity contribution is 6.47. The summed E-state index contributed by atoms with van der Waals surface area (Å²) in [5.41, 5.74) is 1.81. The van der Waals surface area contributed by atoms with Crippen LogP contribution in [0.4, 0.5) is 4.39 Å². The molecule has 2 fully saturated rings. The Bertz CT molecular complexity index is 1570. The van der Waals surface area contributed by atoms with Crippen LogP contribution in [0.3, 0.4) is 0 Å². The van der Waals surface area contributed by atoms with Gasteiger partial charge < -0.3 is 10.2 Å². The molecule has 1 aromatic heterocycles. The number of carbonyl (C=O) groups is 2. The van der Waals surface area contributed by atoms with Crippen molar-refractivity contribution in [3.8, 4) is 0 Å². The molecule has 1 atom stereocenters. The van der Waals surface area contributed by atoms with Gasteiger partial charge in [0.05, 0.1) is 12.6 Å². The minimum Gasteiger partial charge on any atom is -0.345 e. The van der Waals surface area contributed by atoms with Gasteiger partial charge in [0.1, 0.15) is 17.2 Å². The minimum absolute atomic E-state index is 0.151. The number of aromatic amines is 1. The zero-order valence-electron chi connectivity index (χ0n) is 26.4. The standard InChI is InChI=1S/C34H41ClFN7O2/c1-32(2,3)24-9-13-34(14-10-24)38-29(23-17-25(35)19-26(36)18-23)31(45)43(34)27(11-12-33(4)15-16-33)21-5-7-22(8-6-21)30(44)37-20-28-39-41-42-40-28/h5-8,17-19,24,27H,9-16,20H2,1-4H3,(H,37,44)(H,39,40,41,42)/t24?,27-,34?/m1/s1. The molecular weight excluding hydrogens is 593 g/mol. The van der Waals surface area contributed by atoms with Crippen LogP contribution in [0.1, 0.15) is 112 Å². The molecule has 1 spiro atoms. The van der Waals surface area contributed by atoms with Crippen molar-refractivity contribution >= 4 is 29.1 Å². The van der Waals surface area contributed by atoms with Gasteiger partial charge in [-0.1, -0.05) is 56.6 Å². The summed E-state index contributed by atoms with van der Waals surface area (Å²) in [6, 6.07) is 11.4. The van der Waals surface area contributed by atoms with Crippen LogP contribution in [0, 0.1) is 22.6 Å². The minimum atomic E-state index is -0.733. The van der Waals surface area contributed by atoms with Gasteiger partial charge in [0.15, 0.2) is 5.82 Å². The lowest BCUT2D eigenvalue weighted by Gasteiger charge is -2.47.